The van der Waals surface area contributed by atoms with Gasteiger partial charge in [0, 0.05) is 0 Å². The van der Waals surface area contributed by atoms with Crippen LogP contribution < -0.4 is 4.74 Å². The summed E-state index contributed by atoms with van der Waals surface area (Å²) in [5.41, 5.74) is 2.49. The number of rotatable bonds is 4. The van der Waals surface area contributed by atoms with Crippen molar-refractivity contribution >= 4 is 12.4 Å². The molecule has 3 aromatic rings. The summed E-state index contributed by atoms with van der Waals surface area (Å²) in [5.74, 6) is 1.11. The first-order valence-corrected chi connectivity index (χ1v) is 6.86. The maximum absolute atomic E-state index is 13.0. The lowest BCUT2D eigenvalue weighted by Crippen LogP contribution is -1.86. The second-order valence-electron chi connectivity index (χ2n) is 4.76. The number of hydrogen-bond acceptors (Lipinski definition) is 2. The van der Waals surface area contributed by atoms with Crippen LogP contribution in [0.2, 0.25) is 0 Å². The molecule has 3 aromatic carbocycles. The zero-order valence-corrected chi connectivity index (χ0v) is 11.9. The van der Waals surface area contributed by atoms with E-state index in [1.165, 1.54) is 12.1 Å². The highest BCUT2D eigenvalue weighted by molar-refractivity contribution is 5.71. The molecule has 3 rings (SSSR count). The first-order chi connectivity index (χ1) is 10.8. The van der Waals surface area contributed by atoms with Crippen molar-refractivity contribution in [2.24, 2.45) is 4.99 Å². The smallest absolute Gasteiger partial charge is 0.153 e. The minimum absolute atomic E-state index is 0.255. The van der Waals surface area contributed by atoms with Crippen LogP contribution in [0.15, 0.2) is 77.8 Å². The minimum Gasteiger partial charge on any atom is -0.455 e. The molecule has 0 fully saturated rings. The van der Waals surface area contributed by atoms with Crippen LogP contribution in [0.25, 0.3) is 11.1 Å². The van der Waals surface area contributed by atoms with Gasteiger partial charge in [0.1, 0.15) is 17.3 Å². The molecule has 0 spiro atoms. The molecule has 0 bridgehead atoms. The molecule has 0 aliphatic carbocycles. The Morgan fingerprint density at radius 2 is 1.50 bits per heavy atom. The predicted molar refractivity (Wildman–Crippen MR) is 87.6 cm³/mol. The van der Waals surface area contributed by atoms with Crippen LogP contribution in [-0.4, -0.2) is 6.72 Å². The fourth-order valence-electron chi connectivity index (χ4n) is 2.16. The minimum atomic E-state index is -0.255. The Hall–Kier alpha value is -2.94. The zero-order valence-electron chi connectivity index (χ0n) is 11.9. The van der Waals surface area contributed by atoms with Crippen molar-refractivity contribution in [3.63, 3.8) is 0 Å². The number of halogens is 1. The summed E-state index contributed by atoms with van der Waals surface area (Å²) in [4.78, 5) is 4.02. The summed E-state index contributed by atoms with van der Waals surface area (Å²) in [6.07, 6.45) is 0. The van der Waals surface area contributed by atoms with Gasteiger partial charge in [0.2, 0.25) is 0 Å². The van der Waals surface area contributed by atoms with Crippen molar-refractivity contribution in [2.75, 3.05) is 0 Å². The van der Waals surface area contributed by atoms with Gasteiger partial charge in [-0.15, -0.1) is 0 Å². The number of hydrogen-bond donors (Lipinski definition) is 0. The molecule has 0 N–H and O–H groups in total. The van der Waals surface area contributed by atoms with Gasteiger partial charge in [0.15, 0.2) is 5.75 Å². The first-order valence-electron chi connectivity index (χ1n) is 6.86. The second kappa shape index (κ2) is 6.22. The Labute approximate surface area is 128 Å². The third kappa shape index (κ3) is 3.04. The fourth-order valence-corrected chi connectivity index (χ4v) is 2.16. The third-order valence-electron chi connectivity index (χ3n) is 3.28. The van der Waals surface area contributed by atoms with Crippen LogP contribution >= 0.6 is 0 Å². The zero-order chi connectivity index (χ0) is 15.4. The maximum Gasteiger partial charge on any atom is 0.153 e. The fraction of sp³-hybridized carbons (Fsp3) is 0. The number of ether oxygens (including phenoxy) is 1. The van der Waals surface area contributed by atoms with E-state index in [2.05, 4.69) is 11.7 Å². The monoisotopic (exact) mass is 291 g/mol. The van der Waals surface area contributed by atoms with Gasteiger partial charge in [0.25, 0.3) is 0 Å². The van der Waals surface area contributed by atoms with E-state index in [0.717, 1.165) is 16.9 Å². The molecule has 0 atom stereocenters. The van der Waals surface area contributed by atoms with Gasteiger partial charge in [-0.2, -0.15) is 0 Å². The van der Waals surface area contributed by atoms with E-state index >= 15 is 0 Å². The van der Waals surface area contributed by atoms with Gasteiger partial charge in [0.05, 0.1) is 0 Å². The number of benzene rings is 3. The summed E-state index contributed by atoms with van der Waals surface area (Å²) in [5, 5.41) is 0. The molecule has 0 saturated carbocycles. The summed E-state index contributed by atoms with van der Waals surface area (Å²) < 4.78 is 18.8. The summed E-state index contributed by atoms with van der Waals surface area (Å²) >= 11 is 0. The predicted octanol–water partition coefficient (Wildman–Crippen LogP) is 5.62. The van der Waals surface area contributed by atoms with E-state index in [9.17, 15) is 4.39 Å². The number of nitrogens with zero attached hydrogens (tertiary/aromatic N) is 1. The van der Waals surface area contributed by atoms with Crippen LogP contribution in [0.3, 0.4) is 0 Å². The van der Waals surface area contributed by atoms with E-state index in [-0.39, 0.29) is 5.82 Å². The molecule has 0 unspecified atom stereocenters. The van der Waals surface area contributed by atoms with Crippen molar-refractivity contribution in [1.29, 1.82) is 0 Å². The average Bonchev–Trinajstić information content (AvgIpc) is 2.57. The van der Waals surface area contributed by atoms with E-state index in [1.54, 1.807) is 12.1 Å². The van der Waals surface area contributed by atoms with E-state index in [0.29, 0.717) is 11.4 Å². The van der Waals surface area contributed by atoms with Crippen LogP contribution in [0.4, 0.5) is 10.1 Å². The van der Waals surface area contributed by atoms with Crippen molar-refractivity contribution in [2.45, 2.75) is 0 Å². The Morgan fingerprint density at radius 3 is 2.18 bits per heavy atom. The molecule has 0 saturated heterocycles. The van der Waals surface area contributed by atoms with Crippen LogP contribution in [0, 0.1) is 5.82 Å². The van der Waals surface area contributed by atoms with E-state index in [1.807, 2.05) is 48.5 Å². The molecule has 0 heterocycles. The van der Waals surface area contributed by atoms with Crippen molar-refractivity contribution < 1.29 is 9.13 Å². The Bertz CT molecular complexity index is 782. The highest BCUT2D eigenvalue weighted by Gasteiger charge is 2.07. The van der Waals surface area contributed by atoms with Gasteiger partial charge in [-0.25, -0.2) is 4.39 Å². The van der Waals surface area contributed by atoms with Gasteiger partial charge in [-0.3, -0.25) is 4.99 Å². The highest BCUT2D eigenvalue weighted by Crippen LogP contribution is 2.35. The lowest BCUT2D eigenvalue weighted by Gasteiger charge is -2.10. The molecule has 0 aliphatic heterocycles. The van der Waals surface area contributed by atoms with Gasteiger partial charge >= 0.3 is 0 Å². The lowest BCUT2D eigenvalue weighted by atomic mass is 10.0. The van der Waals surface area contributed by atoms with Crippen molar-refractivity contribution in [3.8, 4) is 22.6 Å². The summed E-state index contributed by atoms with van der Waals surface area (Å²) in [7, 11) is 0. The molecule has 3 heteroatoms. The van der Waals surface area contributed by atoms with Crippen molar-refractivity contribution in [1.82, 2.24) is 0 Å². The largest absolute Gasteiger partial charge is 0.455 e. The van der Waals surface area contributed by atoms with Gasteiger partial charge < -0.3 is 4.74 Å². The Morgan fingerprint density at radius 1 is 0.818 bits per heavy atom. The summed E-state index contributed by atoms with van der Waals surface area (Å²) in [6, 6.07) is 21.5. The molecule has 0 aromatic heterocycles. The van der Waals surface area contributed by atoms with Crippen molar-refractivity contribution in [3.05, 3.63) is 78.6 Å². The summed E-state index contributed by atoms with van der Waals surface area (Å²) in [6.45, 7) is 3.59. The molecule has 0 radical (unpaired) electrons. The molecule has 108 valence electrons. The highest BCUT2D eigenvalue weighted by atomic mass is 19.1. The van der Waals surface area contributed by atoms with E-state index in [4.69, 9.17) is 4.74 Å². The third-order valence-corrected chi connectivity index (χ3v) is 3.28. The topological polar surface area (TPSA) is 21.6 Å². The molecule has 0 aliphatic rings. The molecular formula is C19H14FNO. The SMILES string of the molecule is C=Nc1cc(-c2ccc(F)cc2)ccc1Oc1ccccc1. The number of aliphatic imine (C=N–C) groups is 1. The average molecular weight is 291 g/mol. The normalized spacial score (nSPS) is 10.2. The Kier molecular flexibility index (Phi) is 3.97. The van der Waals surface area contributed by atoms with Crippen LogP contribution in [0.5, 0.6) is 11.5 Å². The standard InChI is InChI=1S/C19H14FNO/c1-21-18-13-15(14-7-10-16(20)11-8-14)9-12-19(18)22-17-5-3-2-4-6-17/h2-13H,1H2. The molecule has 22 heavy (non-hydrogen) atoms. The van der Waals surface area contributed by atoms with Gasteiger partial charge in [-0.1, -0.05) is 36.4 Å². The molecule has 2 nitrogen and oxygen atoms in total. The lowest BCUT2D eigenvalue weighted by molar-refractivity contribution is 0.484. The van der Waals surface area contributed by atoms with Crippen LogP contribution in [0.1, 0.15) is 0 Å². The van der Waals surface area contributed by atoms with E-state index < -0.39 is 0 Å². The van der Waals surface area contributed by atoms with Crippen LogP contribution in [-0.2, 0) is 0 Å². The first kappa shape index (κ1) is 14.0. The van der Waals surface area contributed by atoms with Gasteiger partial charge in [-0.05, 0) is 54.2 Å². The molecular weight excluding hydrogens is 277 g/mol. The molecule has 0 amide bonds. The maximum atomic E-state index is 13.0. The number of para-hydroxylation sites is 1. The Balaban J connectivity index is 1.94. The quantitative estimate of drug-likeness (QED) is 0.572. The second-order valence-corrected chi connectivity index (χ2v) is 4.76.